The van der Waals surface area contributed by atoms with E-state index in [4.69, 9.17) is 4.74 Å². The van der Waals surface area contributed by atoms with Crippen molar-refractivity contribution in [1.29, 1.82) is 0 Å². The van der Waals surface area contributed by atoms with Crippen LogP contribution < -0.4 is 10.6 Å². The second-order valence-corrected chi connectivity index (χ2v) is 7.32. The average Bonchev–Trinajstić information content (AvgIpc) is 2.80. The van der Waals surface area contributed by atoms with Crippen molar-refractivity contribution in [3.63, 3.8) is 0 Å². The quantitative estimate of drug-likeness (QED) is 0.327. The van der Waals surface area contributed by atoms with E-state index in [-0.39, 0.29) is 11.5 Å². The molecule has 0 radical (unpaired) electrons. The van der Waals surface area contributed by atoms with Crippen molar-refractivity contribution in [2.24, 2.45) is 5.92 Å². The van der Waals surface area contributed by atoms with Gasteiger partial charge < -0.3 is 15.4 Å². The maximum atomic E-state index is 13.0. The van der Waals surface area contributed by atoms with Crippen molar-refractivity contribution < 1.29 is 29.0 Å². The smallest absolute Gasteiger partial charge is 0.328 e. The van der Waals surface area contributed by atoms with Crippen molar-refractivity contribution in [3.8, 4) is 0 Å². The number of nitrogens with zero attached hydrogens (tertiary/aromatic N) is 2. The number of esters is 1. The van der Waals surface area contributed by atoms with Crippen LogP contribution in [0.1, 0.15) is 35.8 Å². The highest BCUT2D eigenvalue weighted by molar-refractivity contribution is 5.99. The van der Waals surface area contributed by atoms with Gasteiger partial charge in [0, 0.05) is 12.1 Å². The molecule has 0 aliphatic heterocycles. The summed E-state index contributed by atoms with van der Waals surface area (Å²) in [5, 5.41) is 27.2. The summed E-state index contributed by atoms with van der Waals surface area (Å²) in [6.45, 7) is 3.39. The topological polar surface area (TPSA) is 171 Å². The lowest BCUT2D eigenvalue weighted by Crippen LogP contribution is -2.49. The number of hydrogen-bond acceptors (Lipinski definition) is 8. The summed E-state index contributed by atoms with van der Waals surface area (Å²) in [5.41, 5.74) is -1.32. The maximum absolute atomic E-state index is 13.0. The molecule has 2 aromatic rings. The van der Waals surface area contributed by atoms with Gasteiger partial charge in [0.05, 0.1) is 28.6 Å². The Morgan fingerprint density at radius 2 is 1.45 bits per heavy atom. The monoisotopic (exact) mass is 458 g/mol. The summed E-state index contributed by atoms with van der Waals surface area (Å²) in [6.07, 6.45) is 0. The molecule has 0 spiro atoms. The number of nitro groups is 2. The zero-order chi connectivity index (χ0) is 24.7. The predicted octanol–water partition coefficient (Wildman–Crippen LogP) is 2.29. The molecule has 0 saturated heterocycles. The Bertz CT molecular complexity index is 1040. The van der Waals surface area contributed by atoms with Crippen LogP contribution in [0.25, 0.3) is 0 Å². The number of methoxy groups -OCH3 is 1. The molecule has 2 atom stereocenters. The molecule has 0 fully saturated rings. The van der Waals surface area contributed by atoms with Crippen LogP contribution in [-0.2, 0) is 14.3 Å². The van der Waals surface area contributed by atoms with Crippen LogP contribution >= 0.6 is 0 Å². The zero-order valence-corrected chi connectivity index (χ0v) is 18.0. The molecular weight excluding hydrogens is 436 g/mol. The first kappa shape index (κ1) is 24.9. The van der Waals surface area contributed by atoms with Gasteiger partial charge in [0.2, 0.25) is 5.91 Å². The van der Waals surface area contributed by atoms with Crippen molar-refractivity contribution in [3.05, 3.63) is 79.9 Å². The van der Waals surface area contributed by atoms with E-state index < -0.39 is 51.1 Å². The minimum atomic E-state index is -1.30. The molecule has 12 nitrogen and oxygen atoms in total. The molecule has 0 bridgehead atoms. The van der Waals surface area contributed by atoms with E-state index in [1.54, 1.807) is 44.2 Å². The van der Waals surface area contributed by atoms with Gasteiger partial charge in [-0.05, 0) is 11.5 Å². The fourth-order valence-corrected chi connectivity index (χ4v) is 2.96. The van der Waals surface area contributed by atoms with Gasteiger partial charge in [0.25, 0.3) is 17.3 Å². The molecule has 0 aliphatic rings. The molecule has 2 aromatic carbocycles. The second kappa shape index (κ2) is 10.8. The third-order valence-corrected chi connectivity index (χ3v) is 4.68. The van der Waals surface area contributed by atoms with Gasteiger partial charge in [-0.3, -0.25) is 29.8 Å². The Balaban J connectivity index is 2.41. The Morgan fingerprint density at radius 3 is 1.91 bits per heavy atom. The van der Waals surface area contributed by atoms with Crippen LogP contribution in [0.4, 0.5) is 11.4 Å². The Labute approximate surface area is 188 Å². The SMILES string of the molecule is COC(=O)[C@@H](NC(=O)[C@@H](NC(=O)c1cc([N+](=O)[O-])cc([N+](=O)[O-])c1)c1ccccc1)C(C)C. The number of nitro benzene ring substituents is 2. The van der Waals surface area contributed by atoms with Crippen LogP contribution in [0.2, 0.25) is 0 Å². The lowest BCUT2D eigenvalue weighted by molar-refractivity contribution is -0.394. The number of ether oxygens (including phenoxy) is 1. The summed E-state index contributed by atoms with van der Waals surface area (Å²) >= 11 is 0. The van der Waals surface area contributed by atoms with E-state index in [2.05, 4.69) is 10.6 Å². The third kappa shape index (κ3) is 6.32. The zero-order valence-electron chi connectivity index (χ0n) is 18.0. The van der Waals surface area contributed by atoms with Crippen molar-refractivity contribution in [1.82, 2.24) is 10.6 Å². The van der Waals surface area contributed by atoms with Crippen molar-refractivity contribution >= 4 is 29.2 Å². The summed E-state index contributed by atoms with van der Waals surface area (Å²) < 4.78 is 4.71. The minimum Gasteiger partial charge on any atom is -0.467 e. The first-order valence-electron chi connectivity index (χ1n) is 9.73. The largest absolute Gasteiger partial charge is 0.467 e. The van der Waals surface area contributed by atoms with Crippen molar-refractivity contribution in [2.45, 2.75) is 25.9 Å². The molecule has 0 saturated carbocycles. The van der Waals surface area contributed by atoms with E-state index >= 15 is 0 Å². The van der Waals surface area contributed by atoms with Crippen LogP contribution in [-0.4, -0.2) is 40.8 Å². The van der Waals surface area contributed by atoms with E-state index in [0.717, 1.165) is 18.2 Å². The number of amides is 2. The highest BCUT2D eigenvalue weighted by atomic mass is 16.6. The number of rotatable bonds is 9. The highest BCUT2D eigenvalue weighted by Gasteiger charge is 2.31. The number of nitrogens with one attached hydrogen (secondary N) is 2. The number of non-ortho nitro benzene ring substituents is 2. The van der Waals surface area contributed by atoms with Gasteiger partial charge in [-0.15, -0.1) is 0 Å². The molecule has 12 heteroatoms. The first-order valence-corrected chi connectivity index (χ1v) is 9.73. The lowest BCUT2D eigenvalue weighted by atomic mass is 10.0. The number of carbonyl (C=O) groups excluding carboxylic acids is 3. The van der Waals surface area contributed by atoms with E-state index in [1.165, 1.54) is 7.11 Å². The van der Waals surface area contributed by atoms with E-state index in [0.29, 0.717) is 5.56 Å². The fourth-order valence-electron chi connectivity index (χ4n) is 2.96. The molecule has 0 heterocycles. The molecule has 0 unspecified atom stereocenters. The molecule has 0 aliphatic carbocycles. The Hall–Kier alpha value is -4.35. The van der Waals surface area contributed by atoms with Gasteiger partial charge >= 0.3 is 5.97 Å². The van der Waals surface area contributed by atoms with E-state index in [1.807, 2.05) is 0 Å². The van der Waals surface area contributed by atoms with Gasteiger partial charge in [-0.1, -0.05) is 44.2 Å². The molecule has 2 N–H and O–H groups in total. The summed E-state index contributed by atoms with van der Waals surface area (Å²) in [4.78, 5) is 58.5. The van der Waals surface area contributed by atoms with Gasteiger partial charge in [-0.25, -0.2) is 4.79 Å². The highest BCUT2D eigenvalue weighted by Crippen LogP contribution is 2.24. The molecule has 174 valence electrons. The molecule has 2 amide bonds. The normalized spacial score (nSPS) is 12.4. The summed E-state index contributed by atoms with van der Waals surface area (Å²) in [7, 11) is 1.18. The van der Waals surface area contributed by atoms with Crippen LogP contribution in [0.5, 0.6) is 0 Å². The lowest BCUT2D eigenvalue weighted by Gasteiger charge is -2.24. The summed E-state index contributed by atoms with van der Waals surface area (Å²) in [5.74, 6) is -2.69. The molecule has 33 heavy (non-hydrogen) atoms. The molecule has 2 rings (SSSR count). The van der Waals surface area contributed by atoms with Gasteiger partial charge in [0.15, 0.2) is 0 Å². The van der Waals surface area contributed by atoms with Gasteiger partial charge in [0.1, 0.15) is 12.1 Å². The number of carbonyl (C=O) groups is 3. The van der Waals surface area contributed by atoms with Crippen LogP contribution in [0.3, 0.4) is 0 Å². The number of hydrogen-bond donors (Lipinski definition) is 2. The molecular formula is C21H22N4O8. The maximum Gasteiger partial charge on any atom is 0.328 e. The number of benzene rings is 2. The second-order valence-electron chi connectivity index (χ2n) is 7.32. The van der Waals surface area contributed by atoms with Crippen molar-refractivity contribution in [2.75, 3.05) is 7.11 Å². The van der Waals surface area contributed by atoms with E-state index in [9.17, 15) is 34.6 Å². The molecule has 0 aromatic heterocycles. The summed E-state index contributed by atoms with van der Waals surface area (Å²) in [6, 6.07) is 8.22. The Morgan fingerprint density at radius 1 is 0.909 bits per heavy atom. The van der Waals surface area contributed by atoms with Crippen LogP contribution in [0, 0.1) is 26.1 Å². The predicted molar refractivity (Wildman–Crippen MR) is 115 cm³/mol. The minimum absolute atomic E-state index is 0.326. The Kier molecular flexibility index (Phi) is 8.15. The third-order valence-electron chi connectivity index (χ3n) is 4.68. The average molecular weight is 458 g/mol. The standard InChI is InChI=1S/C21H22N4O8/c1-12(2)17(21(28)33-3)22-20(27)18(13-7-5-4-6-8-13)23-19(26)14-9-15(24(29)30)11-16(10-14)25(31)32/h4-12,17-18H,1-3H3,(H,22,27)(H,23,26)/t17-,18-/m0/s1. The fraction of sp³-hybridized carbons (Fsp3) is 0.286. The first-order chi connectivity index (χ1) is 15.5. The van der Waals surface area contributed by atoms with Gasteiger partial charge in [-0.2, -0.15) is 0 Å². The van der Waals surface area contributed by atoms with Crippen LogP contribution in [0.15, 0.2) is 48.5 Å².